The summed E-state index contributed by atoms with van der Waals surface area (Å²) >= 11 is 0. The molecule has 5 nitrogen and oxygen atoms in total. The van der Waals surface area contributed by atoms with Gasteiger partial charge in [-0.15, -0.1) is 0 Å². The number of ether oxygens (including phenoxy) is 1. The monoisotopic (exact) mass is 367 g/mol. The number of aliphatic hydroxyl groups is 1. The number of primary amides is 1. The zero-order valence-corrected chi connectivity index (χ0v) is 15.6. The van der Waals surface area contributed by atoms with Gasteiger partial charge in [-0.2, -0.15) is 0 Å². The minimum Gasteiger partial charge on any atom is -0.493 e. The van der Waals surface area contributed by atoms with E-state index in [0.717, 1.165) is 29.7 Å². The highest BCUT2D eigenvalue weighted by Crippen LogP contribution is 2.34. The molecule has 3 atom stereocenters. The lowest BCUT2D eigenvalue weighted by Gasteiger charge is -2.28. The van der Waals surface area contributed by atoms with Crippen molar-refractivity contribution in [3.05, 3.63) is 71.6 Å². The highest BCUT2D eigenvalue weighted by Gasteiger charge is 2.24. The summed E-state index contributed by atoms with van der Waals surface area (Å²) in [6, 6.07) is 15.9. The van der Waals surface area contributed by atoms with Crippen molar-refractivity contribution < 1.29 is 14.6 Å². The highest BCUT2D eigenvalue weighted by molar-refractivity contribution is 5.81. The molecule has 0 saturated heterocycles. The Hall–Kier alpha value is -2.37. The molecule has 0 aromatic heterocycles. The molecule has 0 fully saturated rings. The van der Waals surface area contributed by atoms with E-state index in [2.05, 4.69) is 5.32 Å². The van der Waals surface area contributed by atoms with Crippen molar-refractivity contribution in [1.82, 2.24) is 5.32 Å². The predicted octanol–water partition coefficient (Wildman–Crippen LogP) is 2.50. The Balaban J connectivity index is 1.60. The van der Waals surface area contributed by atoms with Crippen molar-refractivity contribution in [2.75, 3.05) is 13.2 Å². The maximum atomic E-state index is 11.5. The quantitative estimate of drug-likeness (QED) is 0.669. The number of nitrogens with two attached hydrogens (primary N) is 1. The molecule has 0 bridgehead atoms. The fourth-order valence-corrected chi connectivity index (χ4v) is 3.29. The van der Waals surface area contributed by atoms with Gasteiger partial charge >= 0.3 is 0 Å². The lowest BCUT2D eigenvalue weighted by Crippen LogP contribution is -2.34. The maximum absolute atomic E-state index is 11.5. The summed E-state index contributed by atoms with van der Waals surface area (Å²) in [7, 11) is 0. The van der Waals surface area contributed by atoms with Gasteiger partial charge in [0, 0.05) is 24.6 Å². The summed E-state index contributed by atoms with van der Waals surface area (Å²) in [5.74, 6) is 0.131. The molecule has 1 amide bonds. The average Bonchev–Trinajstić information content (AvgIpc) is 2.70. The second-order valence-corrected chi connectivity index (χ2v) is 7.01. The standard InChI is InChI=1S/C22H27N2O3/c1-15(22(23)26)17-8-10-21-19(13-17)20(11-12-27-21)24-14-18(25)9-7-16-5-3-2-4-6-16/h2-6,8-10,13,15,18,20,24-25H,7,11-12,14H2,1H3,(H2,23,26)/t15?,18-,20?/m1/s1. The second kappa shape index (κ2) is 9.02. The summed E-state index contributed by atoms with van der Waals surface area (Å²) < 4.78 is 5.73. The van der Waals surface area contributed by atoms with Crippen LogP contribution in [-0.2, 0) is 11.2 Å². The number of benzene rings is 2. The number of hydrogen-bond donors (Lipinski definition) is 3. The third kappa shape index (κ3) is 5.08. The molecule has 0 aliphatic carbocycles. The summed E-state index contributed by atoms with van der Waals surface area (Å²) in [5, 5.41) is 13.7. The normalized spacial score (nSPS) is 18.2. The van der Waals surface area contributed by atoms with Crippen LogP contribution in [0.4, 0.5) is 0 Å². The minimum atomic E-state index is -0.538. The maximum Gasteiger partial charge on any atom is 0.224 e. The molecule has 0 saturated carbocycles. The van der Waals surface area contributed by atoms with Crippen molar-refractivity contribution in [2.45, 2.75) is 37.8 Å². The van der Waals surface area contributed by atoms with Gasteiger partial charge in [0.2, 0.25) is 5.91 Å². The summed E-state index contributed by atoms with van der Waals surface area (Å²) in [4.78, 5) is 11.5. The fraction of sp³-hybridized carbons (Fsp3) is 0.364. The lowest BCUT2D eigenvalue weighted by atomic mass is 9.93. The number of fused-ring (bicyclic) bond motifs is 1. The first-order valence-electron chi connectivity index (χ1n) is 9.39. The van der Waals surface area contributed by atoms with Gasteiger partial charge in [0.05, 0.1) is 18.6 Å². The SMILES string of the molecule is CC(C(N)=O)c1ccc2c(c1)C(NC[C@H](O)[CH]Cc1ccccc1)CCO2. The molecule has 1 radical (unpaired) electrons. The van der Waals surface area contributed by atoms with Crippen molar-refractivity contribution in [2.24, 2.45) is 5.73 Å². The second-order valence-electron chi connectivity index (χ2n) is 7.01. The molecule has 27 heavy (non-hydrogen) atoms. The third-order valence-corrected chi connectivity index (χ3v) is 5.04. The number of carbonyl (C=O) groups excluding carboxylic acids is 1. The minimum absolute atomic E-state index is 0.0774. The third-order valence-electron chi connectivity index (χ3n) is 5.04. The first-order valence-corrected chi connectivity index (χ1v) is 9.39. The highest BCUT2D eigenvalue weighted by atomic mass is 16.5. The van der Waals surface area contributed by atoms with Gasteiger partial charge in [-0.3, -0.25) is 4.79 Å². The van der Waals surface area contributed by atoms with Crippen LogP contribution in [0.15, 0.2) is 48.5 Å². The number of aliphatic hydroxyl groups excluding tert-OH is 1. The summed E-state index contributed by atoms with van der Waals surface area (Å²) in [6.45, 7) is 2.89. The van der Waals surface area contributed by atoms with Crippen LogP contribution in [0.5, 0.6) is 5.75 Å². The van der Waals surface area contributed by atoms with E-state index in [1.807, 2.05) is 55.0 Å². The Labute approximate surface area is 160 Å². The summed E-state index contributed by atoms with van der Waals surface area (Å²) in [6.07, 6.45) is 2.92. The van der Waals surface area contributed by atoms with Crippen LogP contribution < -0.4 is 15.8 Å². The first kappa shape index (κ1) is 19.4. The Bertz CT molecular complexity index is 763. The van der Waals surface area contributed by atoms with E-state index in [-0.39, 0.29) is 17.9 Å². The van der Waals surface area contributed by atoms with E-state index in [1.165, 1.54) is 5.56 Å². The number of carbonyl (C=O) groups is 1. The molecule has 143 valence electrons. The molecule has 3 rings (SSSR count). The van der Waals surface area contributed by atoms with E-state index in [4.69, 9.17) is 10.5 Å². The fourth-order valence-electron chi connectivity index (χ4n) is 3.29. The number of rotatable bonds is 8. The van der Waals surface area contributed by atoms with Gasteiger partial charge in [0.1, 0.15) is 5.75 Å². The van der Waals surface area contributed by atoms with Crippen LogP contribution in [0.25, 0.3) is 0 Å². The molecule has 1 heterocycles. The predicted molar refractivity (Wildman–Crippen MR) is 105 cm³/mol. The smallest absolute Gasteiger partial charge is 0.224 e. The molecule has 1 aliphatic rings. The van der Waals surface area contributed by atoms with Crippen LogP contribution >= 0.6 is 0 Å². The Morgan fingerprint density at radius 3 is 2.85 bits per heavy atom. The van der Waals surface area contributed by atoms with E-state index >= 15 is 0 Å². The van der Waals surface area contributed by atoms with E-state index in [9.17, 15) is 9.90 Å². The topological polar surface area (TPSA) is 84.6 Å². The Morgan fingerprint density at radius 1 is 1.33 bits per heavy atom. The molecule has 2 aromatic rings. The van der Waals surface area contributed by atoms with Gasteiger partial charge in [-0.1, -0.05) is 36.4 Å². The molecule has 5 heteroatoms. The van der Waals surface area contributed by atoms with Crippen LogP contribution in [0, 0.1) is 6.42 Å². The van der Waals surface area contributed by atoms with E-state index < -0.39 is 6.10 Å². The molecule has 0 spiro atoms. The van der Waals surface area contributed by atoms with E-state index in [0.29, 0.717) is 13.2 Å². The van der Waals surface area contributed by atoms with Crippen LogP contribution in [0.3, 0.4) is 0 Å². The van der Waals surface area contributed by atoms with Gasteiger partial charge in [0.25, 0.3) is 0 Å². The average molecular weight is 367 g/mol. The Kier molecular flexibility index (Phi) is 6.48. The zero-order valence-electron chi connectivity index (χ0n) is 15.6. The van der Waals surface area contributed by atoms with Crippen molar-refractivity contribution in [3.63, 3.8) is 0 Å². The molecule has 1 aliphatic heterocycles. The largest absolute Gasteiger partial charge is 0.493 e. The van der Waals surface area contributed by atoms with Crippen LogP contribution in [0.1, 0.15) is 42.0 Å². The molecule has 4 N–H and O–H groups in total. The van der Waals surface area contributed by atoms with Crippen molar-refractivity contribution >= 4 is 5.91 Å². The van der Waals surface area contributed by atoms with Gasteiger partial charge < -0.3 is 20.9 Å². The van der Waals surface area contributed by atoms with Gasteiger partial charge in [0.15, 0.2) is 0 Å². The number of hydrogen-bond acceptors (Lipinski definition) is 4. The Morgan fingerprint density at radius 2 is 2.11 bits per heavy atom. The van der Waals surface area contributed by atoms with Crippen LogP contribution in [-0.4, -0.2) is 30.3 Å². The molecular weight excluding hydrogens is 340 g/mol. The molecule has 2 unspecified atom stereocenters. The number of nitrogens with one attached hydrogen (secondary N) is 1. The van der Waals surface area contributed by atoms with Crippen molar-refractivity contribution in [3.8, 4) is 5.75 Å². The summed E-state index contributed by atoms with van der Waals surface area (Å²) in [5.41, 5.74) is 8.51. The zero-order chi connectivity index (χ0) is 19.2. The first-order chi connectivity index (χ1) is 13.0. The van der Waals surface area contributed by atoms with Gasteiger partial charge in [-0.25, -0.2) is 0 Å². The molecule has 2 aromatic carbocycles. The van der Waals surface area contributed by atoms with Crippen molar-refractivity contribution in [1.29, 1.82) is 0 Å². The number of amides is 1. The molecular formula is C22H27N2O3. The lowest BCUT2D eigenvalue weighted by molar-refractivity contribution is -0.119. The van der Waals surface area contributed by atoms with Gasteiger partial charge in [-0.05, 0) is 43.0 Å². The van der Waals surface area contributed by atoms with E-state index in [1.54, 1.807) is 6.92 Å². The van der Waals surface area contributed by atoms with Crippen LogP contribution in [0.2, 0.25) is 0 Å².